The van der Waals surface area contributed by atoms with E-state index in [2.05, 4.69) is 10.6 Å². The van der Waals surface area contributed by atoms with Crippen molar-refractivity contribution < 1.29 is 19.4 Å². The Labute approximate surface area is 127 Å². The summed E-state index contributed by atoms with van der Waals surface area (Å²) in [5.41, 5.74) is 0.171. The standard InChI is InChI=1S/C14H17ClN2O4/c1-21-10-4-3-9(7-10)16-14(20)17-12-6-8(15)2-5-11(12)13(18)19/h2,5-6,9-10H,3-4,7H2,1H3,(H,18,19)(H2,16,17,20). The lowest BCUT2D eigenvalue weighted by atomic mass is 10.2. The molecule has 1 aromatic rings. The Morgan fingerprint density at radius 3 is 2.76 bits per heavy atom. The smallest absolute Gasteiger partial charge is 0.337 e. The van der Waals surface area contributed by atoms with Crippen molar-refractivity contribution in [3.05, 3.63) is 28.8 Å². The van der Waals surface area contributed by atoms with Gasteiger partial charge in [0.2, 0.25) is 0 Å². The van der Waals surface area contributed by atoms with E-state index in [4.69, 9.17) is 21.4 Å². The first-order chi connectivity index (χ1) is 9.99. The number of benzene rings is 1. The number of methoxy groups -OCH3 is 1. The maximum atomic E-state index is 12.0. The fraction of sp³-hybridized carbons (Fsp3) is 0.429. The minimum atomic E-state index is -1.12. The molecule has 2 amide bonds. The molecule has 0 spiro atoms. The monoisotopic (exact) mass is 312 g/mol. The molecule has 0 saturated heterocycles. The summed E-state index contributed by atoms with van der Waals surface area (Å²) < 4.78 is 5.24. The zero-order valence-electron chi connectivity index (χ0n) is 11.6. The molecule has 1 aromatic carbocycles. The molecule has 0 radical (unpaired) electrons. The van der Waals surface area contributed by atoms with Crippen molar-refractivity contribution in [2.45, 2.75) is 31.4 Å². The fourth-order valence-corrected chi connectivity index (χ4v) is 2.61. The first-order valence-electron chi connectivity index (χ1n) is 6.62. The summed E-state index contributed by atoms with van der Waals surface area (Å²) in [5.74, 6) is -1.12. The molecule has 3 N–H and O–H groups in total. The quantitative estimate of drug-likeness (QED) is 0.797. The zero-order chi connectivity index (χ0) is 15.4. The maximum Gasteiger partial charge on any atom is 0.337 e. The average molecular weight is 313 g/mol. The van der Waals surface area contributed by atoms with Gasteiger partial charge < -0.3 is 20.5 Å². The number of carboxylic acid groups (broad SMARTS) is 1. The van der Waals surface area contributed by atoms with E-state index in [0.29, 0.717) is 5.02 Å². The Morgan fingerprint density at radius 2 is 2.14 bits per heavy atom. The summed E-state index contributed by atoms with van der Waals surface area (Å²) in [4.78, 5) is 23.1. The normalized spacial score (nSPS) is 21.0. The molecular formula is C14H17ClN2O4. The number of nitrogens with one attached hydrogen (secondary N) is 2. The van der Waals surface area contributed by atoms with Gasteiger partial charge in [0.05, 0.1) is 17.4 Å². The second-order valence-electron chi connectivity index (χ2n) is 4.96. The van der Waals surface area contributed by atoms with Crippen molar-refractivity contribution in [2.75, 3.05) is 12.4 Å². The molecule has 2 unspecified atom stereocenters. The number of hydrogen-bond acceptors (Lipinski definition) is 3. The number of rotatable bonds is 4. The average Bonchev–Trinajstić information content (AvgIpc) is 2.85. The lowest BCUT2D eigenvalue weighted by molar-refractivity contribution is 0.0698. The molecule has 2 rings (SSSR count). The molecule has 0 bridgehead atoms. The van der Waals surface area contributed by atoms with Crippen molar-refractivity contribution in [2.24, 2.45) is 0 Å². The molecular weight excluding hydrogens is 296 g/mol. The number of carboxylic acids is 1. The van der Waals surface area contributed by atoms with Crippen LogP contribution in [0.15, 0.2) is 18.2 Å². The number of anilines is 1. The highest BCUT2D eigenvalue weighted by atomic mass is 35.5. The van der Waals surface area contributed by atoms with Gasteiger partial charge in [0.25, 0.3) is 0 Å². The van der Waals surface area contributed by atoms with Crippen LogP contribution in [0, 0.1) is 0 Å². The van der Waals surface area contributed by atoms with E-state index in [1.54, 1.807) is 7.11 Å². The summed E-state index contributed by atoms with van der Waals surface area (Å²) in [7, 11) is 1.65. The molecule has 21 heavy (non-hydrogen) atoms. The van der Waals surface area contributed by atoms with Crippen LogP contribution in [0.1, 0.15) is 29.6 Å². The predicted molar refractivity (Wildman–Crippen MR) is 79.0 cm³/mol. The number of urea groups is 1. The van der Waals surface area contributed by atoms with Crippen LogP contribution in [0.25, 0.3) is 0 Å². The van der Waals surface area contributed by atoms with E-state index in [1.165, 1.54) is 18.2 Å². The highest BCUT2D eigenvalue weighted by Gasteiger charge is 2.26. The van der Waals surface area contributed by atoms with Crippen molar-refractivity contribution in [1.29, 1.82) is 0 Å². The van der Waals surface area contributed by atoms with Gasteiger partial charge in [0.1, 0.15) is 0 Å². The fourth-order valence-electron chi connectivity index (χ4n) is 2.44. The minimum Gasteiger partial charge on any atom is -0.478 e. The molecule has 1 saturated carbocycles. The van der Waals surface area contributed by atoms with Gasteiger partial charge in [-0.2, -0.15) is 0 Å². The van der Waals surface area contributed by atoms with E-state index in [0.717, 1.165) is 19.3 Å². The molecule has 6 nitrogen and oxygen atoms in total. The molecule has 1 aliphatic carbocycles. The van der Waals surface area contributed by atoms with Crippen LogP contribution in [0.3, 0.4) is 0 Å². The van der Waals surface area contributed by atoms with E-state index in [1.807, 2.05) is 0 Å². The molecule has 1 aliphatic rings. The van der Waals surface area contributed by atoms with E-state index < -0.39 is 12.0 Å². The van der Waals surface area contributed by atoms with Crippen LogP contribution in [0.2, 0.25) is 5.02 Å². The van der Waals surface area contributed by atoms with Gasteiger partial charge in [-0.3, -0.25) is 0 Å². The summed E-state index contributed by atoms with van der Waals surface area (Å²) in [5, 5.41) is 14.8. The second kappa shape index (κ2) is 6.78. The Morgan fingerprint density at radius 1 is 1.38 bits per heavy atom. The molecule has 0 aromatic heterocycles. The van der Waals surface area contributed by atoms with Crippen molar-refractivity contribution in [1.82, 2.24) is 5.32 Å². The van der Waals surface area contributed by atoms with Gasteiger partial charge in [-0.25, -0.2) is 9.59 Å². The number of halogens is 1. The third-order valence-electron chi connectivity index (χ3n) is 3.51. The third kappa shape index (κ3) is 4.09. The number of ether oxygens (including phenoxy) is 1. The van der Waals surface area contributed by atoms with Gasteiger partial charge in [-0.05, 0) is 37.5 Å². The molecule has 1 fully saturated rings. The van der Waals surface area contributed by atoms with E-state index in [9.17, 15) is 9.59 Å². The Bertz CT molecular complexity index is 550. The molecule has 0 heterocycles. The van der Waals surface area contributed by atoms with Gasteiger partial charge in [-0.1, -0.05) is 11.6 Å². The van der Waals surface area contributed by atoms with Crippen LogP contribution >= 0.6 is 11.6 Å². The Balaban J connectivity index is 2.00. The number of carbonyl (C=O) groups is 2. The Kier molecular flexibility index (Phi) is 5.03. The maximum absolute atomic E-state index is 12.0. The van der Waals surface area contributed by atoms with Crippen molar-refractivity contribution in [3.63, 3.8) is 0 Å². The number of aromatic carboxylic acids is 1. The van der Waals surface area contributed by atoms with Crippen LogP contribution < -0.4 is 10.6 Å². The Hall–Kier alpha value is -1.79. The van der Waals surface area contributed by atoms with Crippen molar-refractivity contribution in [3.8, 4) is 0 Å². The number of hydrogen-bond donors (Lipinski definition) is 3. The van der Waals surface area contributed by atoms with Crippen LogP contribution in [-0.2, 0) is 4.74 Å². The molecule has 114 valence electrons. The first-order valence-corrected chi connectivity index (χ1v) is 7.00. The molecule has 7 heteroatoms. The van der Waals surface area contributed by atoms with Gasteiger partial charge in [0, 0.05) is 18.2 Å². The van der Waals surface area contributed by atoms with Gasteiger partial charge in [0.15, 0.2) is 0 Å². The highest BCUT2D eigenvalue weighted by molar-refractivity contribution is 6.31. The number of amides is 2. The van der Waals surface area contributed by atoms with Gasteiger partial charge >= 0.3 is 12.0 Å². The number of carbonyl (C=O) groups excluding carboxylic acids is 1. The summed E-state index contributed by atoms with van der Waals surface area (Å²) >= 11 is 5.83. The van der Waals surface area contributed by atoms with Gasteiger partial charge in [-0.15, -0.1) is 0 Å². The van der Waals surface area contributed by atoms with Crippen LogP contribution in [-0.4, -0.2) is 36.4 Å². The van der Waals surface area contributed by atoms with Crippen molar-refractivity contribution >= 4 is 29.3 Å². The second-order valence-corrected chi connectivity index (χ2v) is 5.40. The topological polar surface area (TPSA) is 87.7 Å². The van der Waals surface area contributed by atoms with Crippen LogP contribution in [0.4, 0.5) is 10.5 Å². The first kappa shape index (κ1) is 15.6. The lowest BCUT2D eigenvalue weighted by Gasteiger charge is -2.15. The largest absolute Gasteiger partial charge is 0.478 e. The van der Waals surface area contributed by atoms with E-state index in [-0.39, 0.29) is 23.4 Å². The van der Waals surface area contributed by atoms with Crippen LogP contribution in [0.5, 0.6) is 0 Å². The third-order valence-corrected chi connectivity index (χ3v) is 3.75. The highest BCUT2D eigenvalue weighted by Crippen LogP contribution is 2.23. The molecule has 2 atom stereocenters. The minimum absolute atomic E-state index is 0.00394. The SMILES string of the molecule is COC1CCC(NC(=O)Nc2cc(Cl)ccc2C(=O)O)C1. The van der Waals surface area contributed by atoms with E-state index >= 15 is 0 Å². The summed E-state index contributed by atoms with van der Waals surface area (Å²) in [6.07, 6.45) is 2.66. The lowest BCUT2D eigenvalue weighted by Crippen LogP contribution is -2.37. The molecule has 0 aliphatic heterocycles. The summed E-state index contributed by atoms with van der Waals surface area (Å²) in [6, 6.07) is 3.83. The summed E-state index contributed by atoms with van der Waals surface area (Å²) in [6.45, 7) is 0. The predicted octanol–water partition coefficient (Wildman–Crippen LogP) is 2.73. The zero-order valence-corrected chi connectivity index (χ0v) is 12.3.